The van der Waals surface area contributed by atoms with E-state index in [1.165, 1.54) is 0 Å². The number of aldehydes is 1. The fourth-order valence-corrected chi connectivity index (χ4v) is 5.61. The quantitative estimate of drug-likeness (QED) is 0.405. The first-order valence-electron chi connectivity index (χ1n) is 10.6. The van der Waals surface area contributed by atoms with Gasteiger partial charge < -0.3 is 35.1 Å². The molecule has 2 fully saturated rings. The zero-order chi connectivity index (χ0) is 23.3. The summed E-state index contributed by atoms with van der Waals surface area (Å²) in [5.74, 6) is 0.746. The van der Waals surface area contributed by atoms with Gasteiger partial charge in [-0.2, -0.15) is 0 Å². The zero-order valence-corrected chi connectivity index (χ0v) is 18.3. The fourth-order valence-electron chi connectivity index (χ4n) is 5.43. The smallest absolute Gasteiger partial charge is 0.131 e. The van der Waals surface area contributed by atoms with Crippen LogP contribution in [0, 0.1) is 5.41 Å². The maximum absolute atomic E-state index is 11.9. The topological polar surface area (TPSA) is 127 Å². The lowest BCUT2D eigenvalue weighted by molar-refractivity contribution is -0.205. The average molecular weight is 463 g/mol. The lowest BCUT2D eigenvalue weighted by atomic mass is 9.59. The Balaban J connectivity index is 1.75. The van der Waals surface area contributed by atoms with Crippen molar-refractivity contribution in [3.05, 3.63) is 64.2 Å². The van der Waals surface area contributed by atoms with Gasteiger partial charge in [-0.1, -0.05) is 35.9 Å². The van der Waals surface area contributed by atoms with E-state index in [0.717, 1.165) is 11.3 Å². The Bertz CT molecular complexity index is 996. The van der Waals surface area contributed by atoms with Crippen molar-refractivity contribution in [2.45, 2.75) is 55.7 Å². The predicted octanol–water partition coefficient (Wildman–Crippen LogP) is 0.974. The molecule has 8 heteroatoms. The highest BCUT2D eigenvalue weighted by Gasteiger charge is 2.74. The molecular formula is C24H27ClO7. The molecule has 2 aromatic carbocycles. The van der Waals surface area contributed by atoms with Crippen LogP contribution < -0.4 is 4.74 Å². The highest BCUT2D eigenvalue weighted by molar-refractivity contribution is 6.31. The molecule has 2 aromatic rings. The molecular weight excluding hydrogens is 436 g/mol. The molecule has 0 spiro atoms. The van der Waals surface area contributed by atoms with Crippen LogP contribution in [0.15, 0.2) is 42.5 Å². The van der Waals surface area contributed by atoms with Crippen LogP contribution in [0.2, 0.25) is 5.02 Å². The first kappa shape index (κ1) is 23.2. The summed E-state index contributed by atoms with van der Waals surface area (Å²) in [6, 6.07) is 12.3. The molecule has 2 aliphatic rings. The summed E-state index contributed by atoms with van der Waals surface area (Å²) >= 11 is 6.42. The van der Waals surface area contributed by atoms with E-state index in [1.54, 1.807) is 18.2 Å². The third kappa shape index (κ3) is 3.19. The Morgan fingerprint density at radius 3 is 2.38 bits per heavy atom. The second-order valence-corrected chi connectivity index (χ2v) is 9.13. The van der Waals surface area contributed by atoms with Gasteiger partial charge in [0.1, 0.15) is 18.1 Å². The first-order chi connectivity index (χ1) is 15.2. The van der Waals surface area contributed by atoms with Crippen molar-refractivity contribution >= 4 is 17.9 Å². The van der Waals surface area contributed by atoms with E-state index in [9.17, 15) is 30.3 Å². The van der Waals surface area contributed by atoms with E-state index in [2.05, 4.69) is 0 Å². The van der Waals surface area contributed by atoms with Gasteiger partial charge in [-0.25, -0.2) is 0 Å². The Morgan fingerprint density at radius 1 is 1.06 bits per heavy atom. The number of aliphatic hydroxyl groups is 5. The zero-order valence-electron chi connectivity index (χ0n) is 17.6. The molecule has 0 heterocycles. The standard InChI is InChI=1S/C24H27ClO7/c1-2-32-16-6-3-13(4-7-16)9-14-10-15(5-8-17(14)25)24-18(27)11-23(12-26,22(24)31)20(29)19(28)21(24)30/h3-8,10,12,18-22,27-31H,2,9,11H2,1H3/t18?,19-,20-,21+,22?,23-,24-/m1/s1. The van der Waals surface area contributed by atoms with Crippen molar-refractivity contribution in [1.82, 2.24) is 0 Å². The van der Waals surface area contributed by atoms with Gasteiger partial charge >= 0.3 is 0 Å². The van der Waals surface area contributed by atoms with Gasteiger partial charge in [-0.05, 0) is 54.7 Å². The summed E-state index contributed by atoms with van der Waals surface area (Å²) in [5, 5.41) is 54.4. The third-order valence-corrected chi connectivity index (χ3v) is 7.51. The Labute approximate surface area is 190 Å². The van der Waals surface area contributed by atoms with Crippen molar-refractivity contribution in [3.8, 4) is 5.75 Å². The van der Waals surface area contributed by atoms with Crippen LogP contribution in [0.1, 0.15) is 30.0 Å². The number of halogens is 1. The van der Waals surface area contributed by atoms with Crippen LogP contribution in [0.25, 0.3) is 0 Å². The molecule has 0 saturated heterocycles. The van der Waals surface area contributed by atoms with Gasteiger partial charge in [0.2, 0.25) is 0 Å². The molecule has 172 valence electrons. The average Bonchev–Trinajstić information content (AvgIpc) is 2.99. The van der Waals surface area contributed by atoms with Crippen LogP contribution in [0.4, 0.5) is 0 Å². The molecule has 2 aliphatic carbocycles. The number of carbonyl (C=O) groups excluding carboxylic acids is 1. The van der Waals surface area contributed by atoms with Crippen molar-refractivity contribution in [3.63, 3.8) is 0 Å². The summed E-state index contributed by atoms with van der Waals surface area (Å²) in [6.07, 6.45) is -7.57. The van der Waals surface area contributed by atoms with E-state index in [4.69, 9.17) is 16.3 Å². The molecule has 0 aromatic heterocycles. The summed E-state index contributed by atoms with van der Waals surface area (Å²) < 4.78 is 5.46. The number of ether oxygens (including phenoxy) is 1. The molecule has 0 aliphatic heterocycles. The Kier molecular flexibility index (Phi) is 6.09. The number of benzene rings is 2. The van der Waals surface area contributed by atoms with Crippen LogP contribution in [0.3, 0.4) is 0 Å². The Hall–Kier alpha value is -2.00. The van der Waals surface area contributed by atoms with Gasteiger partial charge in [0.05, 0.1) is 41.9 Å². The van der Waals surface area contributed by atoms with Crippen molar-refractivity contribution in [1.29, 1.82) is 0 Å². The fraction of sp³-hybridized carbons (Fsp3) is 0.458. The van der Waals surface area contributed by atoms with Gasteiger partial charge in [0, 0.05) is 5.02 Å². The maximum atomic E-state index is 11.9. The second kappa shape index (κ2) is 8.41. The van der Waals surface area contributed by atoms with Crippen LogP contribution in [0.5, 0.6) is 5.75 Å². The van der Waals surface area contributed by atoms with Crippen LogP contribution >= 0.6 is 11.6 Å². The minimum atomic E-state index is -1.78. The lowest BCUT2D eigenvalue weighted by Crippen LogP contribution is -2.69. The first-order valence-corrected chi connectivity index (χ1v) is 11.0. The van der Waals surface area contributed by atoms with Gasteiger partial charge in [0.25, 0.3) is 0 Å². The minimum absolute atomic E-state index is 0.288. The number of hydrogen-bond donors (Lipinski definition) is 5. The number of hydrogen-bond acceptors (Lipinski definition) is 7. The summed E-state index contributed by atoms with van der Waals surface area (Å²) in [6.45, 7) is 2.46. The van der Waals surface area contributed by atoms with Crippen LogP contribution in [-0.4, -0.2) is 68.9 Å². The van der Waals surface area contributed by atoms with Gasteiger partial charge in [0.15, 0.2) is 0 Å². The minimum Gasteiger partial charge on any atom is -0.494 e. The van der Waals surface area contributed by atoms with Crippen molar-refractivity contribution in [2.24, 2.45) is 5.41 Å². The van der Waals surface area contributed by atoms with E-state index in [1.807, 2.05) is 31.2 Å². The third-order valence-electron chi connectivity index (χ3n) is 7.14. The SMILES string of the molecule is CCOc1ccc(Cc2cc([C@]34C(O)C[C@](C=O)(C3O)[C@H](O)[C@@H](O)[C@@H]4O)ccc2Cl)cc1. The van der Waals surface area contributed by atoms with Gasteiger partial charge in [-0.3, -0.25) is 0 Å². The highest BCUT2D eigenvalue weighted by Crippen LogP contribution is 2.59. The summed E-state index contributed by atoms with van der Waals surface area (Å²) in [7, 11) is 0. The molecule has 4 rings (SSSR count). The number of rotatable bonds is 6. The summed E-state index contributed by atoms with van der Waals surface area (Å²) in [4.78, 5) is 11.9. The molecule has 2 bridgehead atoms. The summed E-state index contributed by atoms with van der Waals surface area (Å²) in [5.41, 5.74) is -1.58. The second-order valence-electron chi connectivity index (χ2n) is 8.73. The molecule has 2 unspecified atom stereocenters. The largest absolute Gasteiger partial charge is 0.494 e. The molecule has 0 radical (unpaired) electrons. The molecule has 5 N–H and O–H groups in total. The molecule has 0 amide bonds. The molecule has 7 nitrogen and oxygen atoms in total. The number of aliphatic hydroxyl groups excluding tert-OH is 5. The number of carbonyl (C=O) groups is 1. The lowest BCUT2D eigenvalue weighted by Gasteiger charge is -2.50. The normalized spacial score (nSPS) is 36.2. The van der Waals surface area contributed by atoms with Crippen molar-refractivity contribution in [2.75, 3.05) is 6.61 Å². The molecule has 32 heavy (non-hydrogen) atoms. The van der Waals surface area contributed by atoms with E-state index in [0.29, 0.717) is 35.5 Å². The van der Waals surface area contributed by atoms with E-state index in [-0.39, 0.29) is 6.42 Å². The van der Waals surface area contributed by atoms with Gasteiger partial charge in [-0.15, -0.1) is 0 Å². The maximum Gasteiger partial charge on any atom is 0.131 e. The molecule has 7 atom stereocenters. The predicted molar refractivity (Wildman–Crippen MR) is 117 cm³/mol. The van der Waals surface area contributed by atoms with Crippen molar-refractivity contribution < 1.29 is 35.1 Å². The van der Waals surface area contributed by atoms with E-state index >= 15 is 0 Å². The Morgan fingerprint density at radius 2 is 1.75 bits per heavy atom. The monoisotopic (exact) mass is 462 g/mol. The van der Waals surface area contributed by atoms with E-state index < -0.39 is 41.3 Å². The molecule has 2 saturated carbocycles. The number of fused-ring (bicyclic) bond motifs is 2. The highest BCUT2D eigenvalue weighted by atomic mass is 35.5. The van der Waals surface area contributed by atoms with Crippen LogP contribution in [-0.2, 0) is 16.6 Å².